The number of aromatic nitrogens is 2. The van der Waals surface area contributed by atoms with Crippen LogP contribution in [0.1, 0.15) is 25.1 Å². The van der Waals surface area contributed by atoms with Crippen molar-refractivity contribution in [2.75, 3.05) is 18.0 Å². The zero-order valence-corrected chi connectivity index (χ0v) is 12.9. The molecule has 1 N–H and O–H groups in total. The minimum atomic E-state index is -0.929. The van der Waals surface area contributed by atoms with E-state index in [9.17, 15) is 8.78 Å². The van der Waals surface area contributed by atoms with E-state index in [0.717, 1.165) is 0 Å². The van der Waals surface area contributed by atoms with Gasteiger partial charge < -0.3 is 14.6 Å². The molecule has 0 amide bonds. The average Bonchev–Trinajstić information content (AvgIpc) is 3.01. The van der Waals surface area contributed by atoms with Crippen LogP contribution in [0, 0.1) is 23.5 Å². The third-order valence-electron chi connectivity index (χ3n) is 3.65. The molecule has 120 valence electrons. The van der Waals surface area contributed by atoms with E-state index < -0.39 is 11.6 Å². The molecule has 1 aliphatic heterocycles. The number of anilines is 1. The lowest BCUT2D eigenvalue weighted by Gasteiger charge is -2.37. The van der Waals surface area contributed by atoms with Crippen LogP contribution in [0.5, 0.6) is 0 Å². The second kappa shape index (κ2) is 6.39. The van der Waals surface area contributed by atoms with Gasteiger partial charge in [0.05, 0.1) is 36.0 Å². The second-order valence-electron chi connectivity index (χ2n) is 5.64. The molecule has 1 aliphatic rings. The predicted molar refractivity (Wildman–Crippen MR) is 83.1 cm³/mol. The molecule has 2 atom stereocenters. The lowest BCUT2D eigenvalue weighted by molar-refractivity contribution is -0.00542. The molecule has 2 heterocycles. The van der Waals surface area contributed by atoms with E-state index in [0.29, 0.717) is 18.8 Å². The molecular weight excluding hydrogens is 300 g/mol. The zero-order valence-electron chi connectivity index (χ0n) is 12.9. The second-order valence-corrected chi connectivity index (χ2v) is 5.64. The topological polar surface area (TPSA) is 41.2 Å². The third kappa shape index (κ3) is 3.35. The number of ether oxygens (including phenoxy) is 1. The molecule has 0 unspecified atom stereocenters. The molecule has 0 aliphatic carbocycles. The van der Waals surface area contributed by atoms with E-state index in [4.69, 9.17) is 4.74 Å². The largest absolute Gasteiger partial charge is 0.372 e. The summed E-state index contributed by atoms with van der Waals surface area (Å²) in [7, 11) is 0. The highest BCUT2D eigenvalue weighted by atomic mass is 19.2. The van der Waals surface area contributed by atoms with Crippen LogP contribution in [0.3, 0.4) is 0 Å². The van der Waals surface area contributed by atoms with Gasteiger partial charge in [-0.15, -0.1) is 0 Å². The van der Waals surface area contributed by atoms with Crippen LogP contribution in [-0.2, 0) is 4.74 Å². The van der Waals surface area contributed by atoms with Crippen LogP contribution in [0.2, 0.25) is 0 Å². The molecule has 0 saturated carbocycles. The molecule has 1 aromatic carbocycles. The van der Waals surface area contributed by atoms with Crippen molar-refractivity contribution < 1.29 is 13.5 Å². The SMILES string of the molecule is C[C@@H]1CN(c2ccc(C#Cc3cnc[nH]3)c(F)c2F)C[C@H](C)O1. The molecule has 3 rings (SSSR count). The van der Waals surface area contributed by atoms with Gasteiger partial charge in [-0.1, -0.05) is 5.92 Å². The first-order valence-corrected chi connectivity index (χ1v) is 7.43. The standard InChI is InChI=1S/C17H17F2N3O/c1-11-8-22(9-12(2)23-11)15-6-4-13(16(18)17(15)19)3-5-14-7-20-10-21-14/h4,6-7,10-12H,8-9H2,1-2H3,(H,20,21)/t11-,12+. The Morgan fingerprint density at radius 2 is 1.91 bits per heavy atom. The number of morpholine rings is 1. The van der Waals surface area contributed by atoms with Crippen LogP contribution in [0.25, 0.3) is 0 Å². The smallest absolute Gasteiger partial charge is 0.183 e. The van der Waals surface area contributed by atoms with Crippen LogP contribution >= 0.6 is 0 Å². The summed E-state index contributed by atoms with van der Waals surface area (Å²) >= 11 is 0. The summed E-state index contributed by atoms with van der Waals surface area (Å²) in [6.07, 6.45) is 2.94. The minimum absolute atomic E-state index is 0.0233. The van der Waals surface area contributed by atoms with Crippen molar-refractivity contribution >= 4 is 5.69 Å². The van der Waals surface area contributed by atoms with Crippen molar-refractivity contribution in [2.24, 2.45) is 0 Å². The first-order valence-electron chi connectivity index (χ1n) is 7.43. The summed E-state index contributed by atoms with van der Waals surface area (Å²) in [5, 5.41) is 0. The van der Waals surface area contributed by atoms with Crippen molar-refractivity contribution in [3.63, 3.8) is 0 Å². The summed E-state index contributed by atoms with van der Waals surface area (Å²) in [5.41, 5.74) is 0.816. The molecule has 23 heavy (non-hydrogen) atoms. The lowest BCUT2D eigenvalue weighted by Crippen LogP contribution is -2.45. The Labute approximate surface area is 133 Å². The van der Waals surface area contributed by atoms with Gasteiger partial charge in [0.2, 0.25) is 0 Å². The fourth-order valence-electron chi connectivity index (χ4n) is 2.71. The minimum Gasteiger partial charge on any atom is -0.372 e. The fraction of sp³-hybridized carbons (Fsp3) is 0.353. The number of halogens is 2. The maximum atomic E-state index is 14.4. The Balaban J connectivity index is 1.88. The summed E-state index contributed by atoms with van der Waals surface area (Å²) in [5.74, 6) is 3.54. The van der Waals surface area contributed by atoms with Gasteiger partial charge >= 0.3 is 0 Å². The number of aromatic amines is 1. The van der Waals surface area contributed by atoms with E-state index >= 15 is 0 Å². The fourth-order valence-corrected chi connectivity index (χ4v) is 2.71. The molecule has 6 heteroatoms. The highest BCUT2D eigenvalue weighted by Crippen LogP contribution is 2.26. The van der Waals surface area contributed by atoms with E-state index in [1.54, 1.807) is 6.07 Å². The molecule has 4 nitrogen and oxygen atoms in total. The Kier molecular flexibility index (Phi) is 4.30. The number of benzene rings is 1. The maximum Gasteiger partial charge on any atom is 0.183 e. The molecule has 1 saturated heterocycles. The van der Waals surface area contributed by atoms with Crippen molar-refractivity contribution in [1.29, 1.82) is 0 Å². The number of nitrogens with zero attached hydrogens (tertiary/aromatic N) is 2. The Hall–Kier alpha value is -2.39. The maximum absolute atomic E-state index is 14.4. The van der Waals surface area contributed by atoms with Crippen molar-refractivity contribution in [3.8, 4) is 11.8 Å². The van der Waals surface area contributed by atoms with E-state index in [-0.39, 0.29) is 23.5 Å². The zero-order chi connectivity index (χ0) is 16.4. The highest BCUT2D eigenvalue weighted by molar-refractivity contribution is 5.54. The van der Waals surface area contributed by atoms with Gasteiger partial charge in [0.15, 0.2) is 11.6 Å². The molecule has 0 bridgehead atoms. The summed E-state index contributed by atoms with van der Waals surface area (Å²) < 4.78 is 34.3. The Morgan fingerprint density at radius 1 is 1.17 bits per heavy atom. The Morgan fingerprint density at radius 3 is 2.57 bits per heavy atom. The van der Waals surface area contributed by atoms with E-state index in [1.807, 2.05) is 18.7 Å². The monoisotopic (exact) mass is 317 g/mol. The number of nitrogens with one attached hydrogen (secondary N) is 1. The number of rotatable bonds is 1. The number of imidazole rings is 1. The number of hydrogen-bond acceptors (Lipinski definition) is 3. The molecule has 0 radical (unpaired) electrons. The van der Waals surface area contributed by atoms with E-state index in [2.05, 4.69) is 21.8 Å². The first-order chi connectivity index (χ1) is 11.0. The molecule has 2 aromatic rings. The van der Waals surface area contributed by atoms with Crippen molar-refractivity contribution in [3.05, 3.63) is 47.5 Å². The molecular formula is C17H17F2N3O. The average molecular weight is 317 g/mol. The van der Waals surface area contributed by atoms with Crippen LogP contribution in [-0.4, -0.2) is 35.3 Å². The van der Waals surface area contributed by atoms with Crippen molar-refractivity contribution in [2.45, 2.75) is 26.1 Å². The normalized spacial score (nSPS) is 21.0. The molecule has 1 aromatic heterocycles. The van der Waals surface area contributed by atoms with Gasteiger partial charge in [-0.05, 0) is 31.9 Å². The van der Waals surface area contributed by atoms with Crippen LogP contribution in [0.4, 0.5) is 14.5 Å². The van der Waals surface area contributed by atoms with Gasteiger partial charge in [-0.2, -0.15) is 0 Å². The summed E-state index contributed by atoms with van der Waals surface area (Å²) in [4.78, 5) is 8.42. The molecule has 1 fully saturated rings. The van der Waals surface area contributed by atoms with Gasteiger partial charge in [0.1, 0.15) is 5.69 Å². The van der Waals surface area contributed by atoms with Gasteiger partial charge in [-0.3, -0.25) is 0 Å². The first kappa shape index (κ1) is 15.5. The van der Waals surface area contributed by atoms with Gasteiger partial charge in [-0.25, -0.2) is 13.8 Å². The van der Waals surface area contributed by atoms with Crippen LogP contribution in [0.15, 0.2) is 24.7 Å². The quantitative estimate of drug-likeness (QED) is 0.822. The van der Waals surface area contributed by atoms with Crippen molar-refractivity contribution in [1.82, 2.24) is 9.97 Å². The van der Waals surface area contributed by atoms with E-state index in [1.165, 1.54) is 18.6 Å². The molecule has 0 spiro atoms. The Bertz CT molecular complexity index is 739. The third-order valence-corrected chi connectivity index (χ3v) is 3.65. The van der Waals surface area contributed by atoms with Gasteiger partial charge in [0, 0.05) is 13.1 Å². The summed E-state index contributed by atoms with van der Waals surface area (Å²) in [6.45, 7) is 4.89. The lowest BCUT2D eigenvalue weighted by atomic mass is 10.1. The predicted octanol–water partition coefficient (Wildman–Crippen LogP) is 2.70. The highest BCUT2D eigenvalue weighted by Gasteiger charge is 2.25. The van der Waals surface area contributed by atoms with Gasteiger partial charge in [0.25, 0.3) is 0 Å². The van der Waals surface area contributed by atoms with Crippen LogP contribution < -0.4 is 4.90 Å². The number of H-pyrrole nitrogens is 1. The summed E-state index contributed by atoms with van der Waals surface area (Å²) in [6, 6.07) is 3.07. The number of hydrogen-bond donors (Lipinski definition) is 1.